The van der Waals surface area contributed by atoms with Crippen LogP contribution >= 0.6 is 11.6 Å². The van der Waals surface area contributed by atoms with Crippen molar-refractivity contribution in [3.63, 3.8) is 0 Å². The predicted octanol–water partition coefficient (Wildman–Crippen LogP) is 5.77. The van der Waals surface area contributed by atoms with Gasteiger partial charge in [-0.15, -0.1) is 0 Å². The minimum atomic E-state index is -3.66. The molecule has 0 bridgehead atoms. The van der Waals surface area contributed by atoms with E-state index in [0.29, 0.717) is 5.02 Å². The lowest BCUT2D eigenvalue weighted by Gasteiger charge is -2.43. The Balaban J connectivity index is 1.33. The molecule has 1 saturated heterocycles. The zero-order valence-electron chi connectivity index (χ0n) is 21.2. The number of hydrogen-bond acceptors (Lipinski definition) is 4. The van der Waals surface area contributed by atoms with Gasteiger partial charge in [0.2, 0.25) is 10.0 Å². The van der Waals surface area contributed by atoms with Gasteiger partial charge in [-0.25, -0.2) is 13.1 Å². The highest BCUT2D eigenvalue weighted by Gasteiger charge is 2.30. The molecule has 4 aromatic rings. The summed E-state index contributed by atoms with van der Waals surface area (Å²) in [5.74, 6) is 0. The SMILES string of the molecule is O=S(=O)(NC[C@@H](c1ccccc1)N1CCN(C(c2ccccc2)c2ccccc2)CC1)c1ccc(Cl)cc1. The quantitative estimate of drug-likeness (QED) is 0.290. The van der Waals surface area contributed by atoms with Crippen LogP contribution in [0.2, 0.25) is 5.02 Å². The first-order chi connectivity index (χ1) is 18.5. The Labute approximate surface area is 230 Å². The van der Waals surface area contributed by atoms with Crippen LogP contribution in [-0.4, -0.2) is 50.9 Å². The van der Waals surface area contributed by atoms with E-state index in [0.717, 1.165) is 31.7 Å². The Morgan fingerprint density at radius 2 is 1.08 bits per heavy atom. The smallest absolute Gasteiger partial charge is 0.240 e. The number of benzene rings is 4. The summed E-state index contributed by atoms with van der Waals surface area (Å²) in [5, 5.41) is 0.508. The summed E-state index contributed by atoms with van der Waals surface area (Å²) in [6.45, 7) is 3.70. The van der Waals surface area contributed by atoms with Gasteiger partial charge in [-0.3, -0.25) is 9.80 Å². The van der Waals surface area contributed by atoms with Crippen molar-refractivity contribution in [2.75, 3.05) is 32.7 Å². The van der Waals surface area contributed by atoms with E-state index in [4.69, 9.17) is 11.6 Å². The van der Waals surface area contributed by atoms with Crippen molar-refractivity contribution in [3.8, 4) is 0 Å². The highest BCUT2D eigenvalue weighted by atomic mass is 35.5. The standard InChI is InChI=1S/C31H32ClN3O2S/c32-28-16-18-29(19-17-28)38(36,37)33-24-30(25-10-4-1-5-11-25)34-20-22-35(23-21-34)31(26-12-6-2-7-13-26)27-14-8-3-9-15-27/h1-19,30-31,33H,20-24H2/t30-/m0/s1. The maximum Gasteiger partial charge on any atom is 0.240 e. The Bertz CT molecular complexity index is 1350. The van der Waals surface area contributed by atoms with Gasteiger partial charge in [0.25, 0.3) is 0 Å². The lowest BCUT2D eigenvalue weighted by Crippen LogP contribution is -2.50. The third kappa shape index (κ3) is 6.34. The number of piperazine rings is 1. The summed E-state index contributed by atoms with van der Waals surface area (Å²) in [4.78, 5) is 5.14. The first kappa shape index (κ1) is 26.6. The number of halogens is 1. The first-order valence-corrected chi connectivity index (χ1v) is 14.8. The van der Waals surface area contributed by atoms with Crippen LogP contribution in [0.4, 0.5) is 0 Å². The van der Waals surface area contributed by atoms with Gasteiger partial charge in [0.05, 0.1) is 10.9 Å². The lowest BCUT2D eigenvalue weighted by molar-refractivity contribution is 0.0796. The zero-order valence-corrected chi connectivity index (χ0v) is 22.7. The molecular weight excluding hydrogens is 514 g/mol. The molecule has 1 aliphatic heterocycles. The van der Waals surface area contributed by atoms with Crippen LogP contribution in [0.1, 0.15) is 28.8 Å². The Hall–Kier alpha value is -3.00. The van der Waals surface area contributed by atoms with Gasteiger partial charge in [0.1, 0.15) is 0 Å². The van der Waals surface area contributed by atoms with E-state index in [1.807, 2.05) is 18.2 Å². The summed E-state index contributed by atoms with van der Waals surface area (Å²) in [7, 11) is -3.66. The van der Waals surface area contributed by atoms with E-state index >= 15 is 0 Å². The Morgan fingerprint density at radius 3 is 1.58 bits per heavy atom. The fraction of sp³-hybridized carbons (Fsp3) is 0.226. The van der Waals surface area contributed by atoms with Gasteiger partial charge < -0.3 is 0 Å². The highest BCUT2D eigenvalue weighted by Crippen LogP contribution is 2.31. The molecule has 1 aliphatic rings. The van der Waals surface area contributed by atoms with E-state index in [1.165, 1.54) is 23.3 Å². The van der Waals surface area contributed by atoms with Crippen LogP contribution in [0.25, 0.3) is 0 Å². The maximum absolute atomic E-state index is 13.0. The second kappa shape index (κ2) is 12.2. The average Bonchev–Trinajstić information content (AvgIpc) is 2.96. The largest absolute Gasteiger partial charge is 0.292 e. The molecule has 5 rings (SSSR count). The van der Waals surface area contributed by atoms with Crippen molar-refractivity contribution in [1.82, 2.24) is 14.5 Å². The highest BCUT2D eigenvalue weighted by molar-refractivity contribution is 7.89. The second-order valence-electron chi connectivity index (χ2n) is 9.53. The Morgan fingerprint density at radius 1 is 0.632 bits per heavy atom. The monoisotopic (exact) mass is 545 g/mol. The van der Waals surface area contributed by atoms with E-state index < -0.39 is 10.0 Å². The molecule has 1 atom stereocenters. The maximum atomic E-state index is 13.0. The van der Waals surface area contributed by atoms with Crippen LogP contribution in [-0.2, 0) is 10.0 Å². The normalized spacial score (nSPS) is 15.9. The Kier molecular flexibility index (Phi) is 8.57. The molecular formula is C31H32ClN3O2S. The number of hydrogen-bond donors (Lipinski definition) is 1. The summed E-state index contributed by atoms with van der Waals surface area (Å²) < 4.78 is 28.9. The van der Waals surface area contributed by atoms with E-state index in [1.54, 1.807) is 12.1 Å². The fourth-order valence-corrected chi connectivity index (χ4v) is 6.38. The molecule has 0 saturated carbocycles. The molecule has 1 fully saturated rings. The first-order valence-electron chi connectivity index (χ1n) is 12.9. The van der Waals surface area contributed by atoms with Crippen molar-refractivity contribution in [1.29, 1.82) is 0 Å². The lowest BCUT2D eigenvalue weighted by atomic mass is 9.96. The van der Waals surface area contributed by atoms with Gasteiger partial charge in [-0.05, 0) is 41.0 Å². The predicted molar refractivity (Wildman–Crippen MR) is 154 cm³/mol. The summed E-state index contributed by atoms with van der Waals surface area (Å²) in [5.41, 5.74) is 3.66. The molecule has 7 heteroatoms. The fourth-order valence-electron chi connectivity index (χ4n) is 5.21. The number of nitrogens with zero attached hydrogens (tertiary/aromatic N) is 2. The van der Waals surface area contributed by atoms with Crippen molar-refractivity contribution >= 4 is 21.6 Å². The van der Waals surface area contributed by atoms with Crippen LogP contribution in [0, 0.1) is 0 Å². The van der Waals surface area contributed by atoms with Crippen LogP contribution in [0.5, 0.6) is 0 Å². The van der Waals surface area contributed by atoms with Crippen molar-refractivity contribution < 1.29 is 8.42 Å². The topological polar surface area (TPSA) is 52.7 Å². The molecule has 0 aliphatic carbocycles. The zero-order chi connectivity index (χ0) is 26.4. The molecule has 1 heterocycles. The molecule has 38 heavy (non-hydrogen) atoms. The van der Waals surface area contributed by atoms with Crippen LogP contribution < -0.4 is 4.72 Å². The second-order valence-corrected chi connectivity index (χ2v) is 11.7. The van der Waals surface area contributed by atoms with E-state index in [2.05, 4.69) is 87.3 Å². The van der Waals surface area contributed by atoms with E-state index in [9.17, 15) is 8.42 Å². The van der Waals surface area contributed by atoms with Gasteiger partial charge in [-0.2, -0.15) is 0 Å². The van der Waals surface area contributed by atoms with E-state index in [-0.39, 0.29) is 23.5 Å². The molecule has 196 valence electrons. The third-order valence-electron chi connectivity index (χ3n) is 7.16. The summed E-state index contributed by atoms with van der Waals surface area (Å²) >= 11 is 5.96. The molecule has 0 radical (unpaired) electrons. The van der Waals surface area contributed by atoms with Crippen molar-refractivity contribution in [2.45, 2.75) is 17.0 Å². The molecule has 0 amide bonds. The van der Waals surface area contributed by atoms with Crippen LogP contribution in [0.3, 0.4) is 0 Å². The number of sulfonamides is 1. The minimum absolute atomic E-state index is 0.0766. The number of rotatable bonds is 9. The third-order valence-corrected chi connectivity index (χ3v) is 8.85. The molecule has 5 nitrogen and oxygen atoms in total. The van der Waals surface area contributed by atoms with Gasteiger partial charge in [-0.1, -0.05) is 103 Å². The minimum Gasteiger partial charge on any atom is -0.292 e. The summed E-state index contributed by atoms with van der Waals surface area (Å²) in [6, 6.07) is 37.8. The van der Waals surface area contributed by atoms with Crippen molar-refractivity contribution in [3.05, 3.63) is 137 Å². The average molecular weight is 546 g/mol. The summed E-state index contributed by atoms with van der Waals surface area (Å²) in [6.07, 6.45) is 0. The van der Waals surface area contributed by atoms with Gasteiger partial charge >= 0.3 is 0 Å². The molecule has 0 aromatic heterocycles. The van der Waals surface area contributed by atoms with Crippen LogP contribution in [0.15, 0.2) is 120 Å². The molecule has 1 N–H and O–H groups in total. The number of nitrogens with one attached hydrogen (secondary N) is 1. The molecule has 0 unspecified atom stereocenters. The van der Waals surface area contributed by atoms with Gasteiger partial charge in [0, 0.05) is 43.8 Å². The van der Waals surface area contributed by atoms with Gasteiger partial charge in [0.15, 0.2) is 0 Å². The molecule has 4 aromatic carbocycles. The molecule has 0 spiro atoms. The van der Waals surface area contributed by atoms with Crippen molar-refractivity contribution in [2.24, 2.45) is 0 Å².